The molecule has 0 saturated carbocycles. The van der Waals surface area contributed by atoms with E-state index in [-0.39, 0.29) is 0 Å². The van der Waals surface area contributed by atoms with Gasteiger partial charge in [-0.2, -0.15) is 0 Å². The van der Waals surface area contributed by atoms with Gasteiger partial charge in [0.25, 0.3) is 0 Å². The maximum absolute atomic E-state index is 6.58. The van der Waals surface area contributed by atoms with Crippen LogP contribution in [0, 0.1) is 0 Å². The Morgan fingerprint density at radius 3 is 1.88 bits per heavy atom. The molecule has 7 aromatic carbocycles. The van der Waals surface area contributed by atoms with Crippen molar-refractivity contribution in [2.75, 3.05) is 4.90 Å². The molecule has 0 spiro atoms. The smallest absolute Gasteiger partial charge is 0.185 e. The van der Waals surface area contributed by atoms with E-state index in [0.717, 1.165) is 61.8 Å². The predicted octanol–water partition coefficient (Wildman–Crippen LogP) is 10.2. The third kappa shape index (κ3) is 5.30. The molecule has 5 nitrogen and oxygen atoms in total. The standard InChI is InChI=1S/C52H36N4OSi/c1-4-19-38(20-5-1)55-47-31-12-13-32-49(47)58(42-24-6-2-7-25-42,43-26-8-3-9-27-43)51-48(55)36-54-52-50(51)44-28-10-11-30-46(44)56(52)39-21-17-23-41(35-39)57-40-22-16-18-37(34-40)45-29-14-15-33-53-45/h1-36H. The van der Waals surface area contributed by atoms with Crippen LogP contribution in [0.5, 0.6) is 11.5 Å². The minimum absolute atomic E-state index is 0.737. The molecular weight excluding hydrogens is 725 g/mol. The summed E-state index contributed by atoms with van der Waals surface area (Å²) in [7, 11) is -3.04. The van der Waals surface area contributed by atoms with Crippen LogP contribution in [-0.2, 0) is 0 Å². The van der Waals surface area contributed by atoms with Gasteiger partial charge in [-0.15, -0.1) is 0 Å². The molecule has 10 aromatic rings. The highest BCUT2D eigenvalue weighted by Gasteiger charge is 2.50. The molecule has 0 aliphatic carbocycles. The van der Waals surface area contributed by atoms with Crippen molar-refractivity contribution in [1.29, 1.82) is 0 Å². The van der Waals surface area contributed by atoms with Gasteiger partial charge in [0, 0.05) is 40.0 Å². The number of para-hydroxylation sites is 3. The fourth-order valence-electron chi connectivity index (χ4n) is 9.04. The first-order valence-electron chi connectivity index (χ1n) is 19.6. The van der Waals surface area contributed by atoms with Crippen LogP contribution in [0.4, 0.5) is 17.1 Å². The van der Waals surface area contributed by atoms with Crippen LogP contribution < -0.4 is 30.4 Å². The summed E-state index contributed by atoms with van der Waals surface area (Å²) < 4.78 is 8.89. The highest BCUT2D eigenvalue weighted by molar-refractivity contribution is 7.22. The minimum atomic E-state index is -3.04. The number of nitrogens with zero attached hydrogens (tertiary/aromatic N) is 4. The molecule has 274 valence electrons. The van der Waals surface area contributed by atoms with E-state index >= 15 is 0 Å². The lowest BCUT2D eigenvalue weighted by molar-refractivity contribution is 0.482. The molecule has 0 fully saturated rings. The Bertz CT molecular complexity index is 3060. The number of anilines is 3. The summed E-state index contributed by atoms with van der Waals surface area (Å²) in [6, 6.07) is 73.3. The van der Waals surface area contributed by atoms with Gasteiger partial charge in [0.05, 0.1) is 28.8 Å². The number of benzene rings is 7. The maximum Gasteiger partial charge on any atom is 0.185 e. The Kier molecular flexibility index (Phi) is 8.08. The van der Waals surface area contributed by atoms with Crippen molar-refractivity contribution in [3.05, 3.63) is 219 Å². The SMILES string of the molecule is c1ccc(N2c3ccccc3[Si](c3ccccc3)(c3ccccc3)c3c2cnc2c3c3ccccc3n2-c2cccc(Oc3cccc(-c4ccccn4)c3)c2)cc1. The monoisotopic (exact) mass is 760 g/mol. The van der Waals surface area contributed by atoms with Crippen molar-refractivity contribution in [2.45, 2.75) is 0 Å². The zero-order valence-electron chi connectivity index (χ0n) is 31.5. The Balaban J connectivity index is 1.20. The highest BCUT2D eigenvalue weighted by atomic mass is 28.3. The van der Waals surface area contributed by atoms with Crippen molar-refractivity contribution in [2.24, 2.45) is 0 Å². The molecule has 6 heteroatoms. The summed E-state index contributed by atoms with van der Waals surface area (Å²) in [4.78, 5) is 12.4. The van der Waals surface area contributed by atoms with Crippen LogP contribution in [-0.4, -0.2) is 22.6 Å². The van der Waals surface area contributed by atoms with E-state index in [1.165, 1.54) is 26.4 Å². The van der Waals surface area contributed by atoms with Gasteiger partial charge in [-0.1, -0.05) is 140 Å². The van der Waals surface area contributed by atoms with Crippen molar-refractivity contribution in [1.82, 2.24) is 14.5 Å². The van der Waals surface area contributed by atoms with E-state index in [9.17, 15) is 0 Å². The number of pyridine rings is 2. The second-order valence-electron chi connectivity index (χ2n) is 14.6. The normalized spacial score (nSPS) is 12.9. The van der Waals surface area contributed by atoms with Crippen LogP contribution in [0.2, 0.25) is 0 Å². The number of fused-ring (bicyclic) bond motifs is 6. The molecule has 58 heavy (non-hydrogen) atoms. The fourth-order valence-corrected chi connectivity index (χ4v) is 14.3. The first-order chi connectivity index (χ1) is 28.8. The quantitative estimate of drug-likeness (QED) is 0.152. The predicted molar refractivity (Wildman–Crippen MR) is 240 cm³/mol. The second-order valence-corrected chi connectivity index (χ2v) is 18.3. The van der Waals surface area contributed by atoms with E-state index in [1.54, 1.807) is 0 Å². The summed E-state index contributed by atoms with van der Waals surface area (Å²) in [5, 5.41) is 7.65. The average molecular weight is 761 g/mol. The van der Waals surface area contributed by atoms with Gasteiger partial charge >= 0.3 is 0 Å². The van der Waals surface area contributed by atoms with Crippen molar-refractivity contribution in [3.8, 4) is 28.4 Å². The van der Waals surface area contributed by atoms with Crippen LogP contribution >= 0.6 is 0 Å². The topological polar surface area (TPSA) is 43.2 Å². The van der Waals surface area contributed by atoms with E-state index in [4.69, 9.17) is 9.72 Å². The fraction of sp³-hybridized carbons (Fsp3) is 0. The lowest BCUT2D eigenvalue weighted by Crippen LogP contribution is -2.77. The van der Waals surface area contributed by atoms with Crippen LogP contribution in [0.3, 0.4) is 0 Å². The number of hydrogen-bond donors (Lipinski definition) is 0. The van der Waals surface area contributed by atoms with E-state index < -0.39 is 8.07 Å². The van der Waals surface area contributed by atoms with Gasteiger partial charge in [-0.3, -0.25) is 9.55 Å². The summed E-state index contributed by atoms with van der Waals surface area (Å²) in [5.41, 5.74) is 8.25. The molecule has 0 unspecified atom stereocenters. The maximum atomic E-state index is 6.58. The first-order valence-corrected chi connectivity index (χ1v) is 21.6. The van der Waals surface area contributed by atoms with Crippen LogP contribution in [0.25, 0.3) is 38.9 Å². The van der Waals surface area contributed by atoms with Crippen molar-refractivity contribution in [3.63, 3.8) is 0 Å². The van der Waals surface area contributed by atoms with Gasteiger partial charge in [0.2, 0.25) is 0 Å². The van der Waals surface area contributed by atoms with Gasteiger partial charge in [0.15, 0.2) is 8.07 Å². The highest BCUT2D eigenvalue weighted by Crippen LogP contribution is 2.42. The van der Waals surface area contributed by atoms with Crippen molar-refractivity contribution >= 4 is 67.8 Å². The zero-order valence-corrected chi connectivity index (χ0v) is 32.5. The molecule has 0 amide bonds. The third-order valence-electron chi connectivity index (χ3n) is 11.4. The molecule has 0 saturated heterocycles. The van der Waals surface area contributed by atoms with Crippen LogP contribution in [0.1, 0.15) is 0 Å². The Hall–Kier alpha value is -7.54. The van der Waals surface area contributed by atoms with Gasteiger partial charge in [-0.05, 0) is 81.4 Å². The van der Waals surface area contributed by atoms with E-state index in [2.05, 4.69) is 184 Å². The molecule has 0 radical (unpaired) electrons. The molecule has 0 bridgehead atoms. The molecule has 3 aromatic heterocycles. The number of rotatable bonds is 7. The van der Waals surface area contributed by atoms with E-state index in [1.807, 2.05) is 48.7 Å². The van der Waals surface area contributed by atoms with Gasteiger partial charge in [-0.25, -0.2) is 4.98 Å². The molecule has 1 aliphatic heterocycles. The first kappa shape index (κ1) is 33.8. The summed E-state index contributed by atoms with van der Waals surface area (Å²) >= 11 is 0. The molecular formula is C52H36N4OSi. The molecule has 11 rings (SSSR count). The Morgan fingerprint density at radius 1 is 0.483 bits per heavy atom. The lowest BCUT2D eigenvalue weighted by atomic mass is 10.1. The number of ether oxygens (including phenoxy) is 1. The lowest BCUT2D eigenvalue weighted by Gasteiger charge is -2.45. The Labute approximate surface area is 337 Å². The average Bonchev–Trinajstić information content (AvgIpc) is 3.64. The minimum Gasteiger partial charge on any atom is -0.457 e. The number of hydrogen-bond acceptors (Lipinski definition) is 4. The molecule has 0 atom stereocenters. The summed E-state index contributed by atoms with van der Waals surface area (Å²) in [6.45, 7) is 0. The Morgan fingerprint density at radius 2 is 1.12 bits per heavy atom. The largest absolute Gasteiger partial charge is 0.457 e. The van der Waals surface area contributed by atoms with Crippen LogP contribution in [0.15, 0.2) is 219 Å². The van der Waals surface area contributed by atoms with Gasteiger partial charge in [0.1, 0.15) is 17.1 Å². The summed E-state index contributed by atoms with van der Waals surface area (Å²) in [6.07, 6.45) is 3.93. The third-order valence-corrected chi connectivity index (χ3v) is 16.2. The molecule has 4 heterocycles. The van der Waals surface area contributed by atoms with E-state index in [0.29, 0.717) is 0 Å². The number of aromatic nitrogens is 3. The zero-order chi connectivity index (χ0) is 38.5. The molecule has 1 aliphatic rings. The summed E-state index contributed by atoms with van der Waals surface area (Å²) in [5.74, 6) is 1.48. The molecule has 0 N–H and O–H groups in total. The second kappa shape index (κ2) is 13.9. The van der Waals surface area contributed by atoms with Gasteiger partial charge < -0.3 is 9.64 Å². The van der Waals surface area contributed by atoms with Crippen molar-refractivity contribution < 1.29 is 4.74 Å².